The van der Waals surface area contributed by atoms with Gasteiger partial charge in [0.25, 0.3) is 5.91 Å². The molecule has 1 aliphatic heterocycles. The number of halogens is 1. The van der Waals surface area contributed by atoms with Gasteiger partial charge in [-0.1, -0.05) is 22.9 Å². The second-order valence-electron chi connectivity index (χ2n) is 6.78. The second-order valence-corrected chi connectivity index (χ2v) is 7.14. The van der Waals surface area contributed by atoms with Crippen molar-refractivity contribution in [2.45, 2.75) is 32.4 Å². The molecule has 0 radical (unpaired) electrons. The predicted octanol–water partition coefficient (Wildman–Crippen LogP) is 3.41. The van der Waals surface area contributed by atoms with Gasteiger partial charge in [0.05, 0.1) is 5.69 Å². The van der Waals surface area contributed by atoms with Crippen LogP contribution in [0.25, 0.3) is 16.9 Å². The first-order chi connectivity index (χ1) is 12.6. The Morgan fingerprint density at radius 1 is 1.23 bits per heavy atom. The molecule has 0 N–H and O–H groups in total. The van der Waals surface area contributed by atoms with Gasteiger partial charge in [-0.15, -0.1) is 5.10 Å². The van der Waals surface area contributed by atoms with Crippen LogP contribution in [0.4, 0.5) is 0 Å². The summed E-state index contributed by atoms with van der Waals surface area (Å²) in [5, 5.41) is 8.97. The van der Waals surface area contributed by atoms with Gasteiger partial charge in [-0.2, -0.15) is 0 Å². The number of amides is 1. The van der Waals surface area contributed by atoms with Gasteiger partial charge in [0.15, 0.2) is 5.15 Å². The average molecular weight is 366 g/mol. The number of benzene rings is 1. The van der Waals surface area contributed by atoms with E-state index in [1.54, 1.807) is 10.9 Å². The Hall–Kier alpha value is -2.73. The molecule has 1 aromatic carbocycles. The highest BCUT2D eigenvalue weighted by Crippen LogP contribution is 2.36. The fourth-order valence-corrected chi connectivity index (χ4v) is 3.73. The molecular formula is C19H16ClN5O. The van der Waals surface area contributed by atoms with Crippen molar-refractivity contribution in [3.8, 4) is 16.9 Å². The van der Waals surface area contributed by atoms with Crippen LogP contribution in [0.1, 0.15) is 34.5 Å². The molecule has 5 rings (SSSR count). The van der Waals surface area contributed by atoms with E-state index in [0.29, 0.717) is 23.4 Å². The Balaban J connectivity index is 1.53. The van der Waals surface area contributed by atoms with Gasteiger partial charge in [0, 0.05) is 29.9 Å². The molecule has 0 spiro atoms. The highest BCUT2D eigenvalue weighted by Gasteiger charge is 2.38. The third-order valence-electron chi connectivity index (χ3n) is 5.06. The summed E-state index contributed by atoms with van der Waals surface area (Å²) in [6.45, 7) is 2.64. The number of nitrogens with zero attached hydrogens (tertiary/aromatic N) is 5. The van der Waals surface area contributed by atoms with Crippen LogP contribution < -0.4 is 0 Å². The van der Waals surface area contributed by atoms with Gasteiger partial charge in [-0.3, -0.25) is 4.79 Å². The molecule has 1 fully saturated rings. The monoisotopic (exact) mass is 365 g/mol. The van der Waals surface area contributed by atoms with Crippen LogP contribution in [0, 0.1) is 6.92 Å². The standard InChI is InChI=1S/C19H16ClN5O/c1-11-17(22-23-25(11)16-3-2-8-21-18(16)20)12-4-7-15-13(9-12)10-24(19(15)26)14-5-6-14/h2-4,7-9,14H,5-6,10H2,1H3. The molecule has 7 heteroatoms. The van der Waals surface area contributed by atoms with Crippen LogP contribution in [0.15, 0.2) is 36.5 Å². The lowest BCUT2D eigenvalue weighted by Gasteiger charge is -2.13. The van der Waals surface area contributed by atoms with Crippen LogP contribution in [0.2, 0.25) is 5.15 Å². The third-order valence-corrected chi connectivity index (χ3v) is 5.35. The largest absolute Gasteiger partial charge is 0.331 e. The van der Waals surface area contributed by atoms with Gasteiger partial charge >= 0.3 is 0 Å². The van der Waals surface area contributed by atoms with E-state index in [1.807, 2.05) is 36.1 Å². The minimum absolute atomic E-state index is 0.150. The first-order valence-corrected chi connectivity index (χ1v) is 8.99. The van der Waals surface area contributed by atoms with Gasteiger partial charge in [0.1, 0.15) is 11.4 Å². The van der Waals surface area contributed by atoms with E-state index < -0.39 is 0 Å². The van der Waals surface area contributed by atoms with E-state index in [9.17, 15) is 4.79 Å². The maximum atomic E-state index is 12.5. The highest BCUT2D eigenvalue weighted by molar-refractivity contribution is 6.31. The molecule has 26 heavy (non-hydrogen) atoms. The summed E-state index contributed by atoms with van der Waals surface area (Å²) >= 11 is 6.19. The third kappa shape index (κ3) is 2.33. The van der Waals surface area contributed by atoms with Crippen molar-refractivity contribution in [2.24, 2.45) is 0 Å². The molecule has 1 amide bonds. The van der Waals surface area contributed by atoms with Gasteiger partial charge < -0.3 is 4.90 Å². The first kappa shape index (κ1) is 15.5. The van der Waals surface area contributed by atoms with Crippen molar-refractivity contribution in [3.63, 3.8) is 0 Å². The Morgan fingerprint density at radius 2 is 2.08 bits per heavy atom. The maximum Gasteiger partial charge on any atom is 0.254 e. The van der Waals surface area contributed by atoms with Crippen LogP contribution in [0.3, 0.4) is 0 Å². The smallest absolute Gasteiger partial charge is 0.254 e. The molecule has 2 aliphatic rings. The predicted molar refractivity (Wildman–Crippen MR) is 97.2 cm³/mol. The lowest BCUT2D eigenvalue weighted by molar-refractivity contribution is 0.0766. The number of rotatable bonds is 3. The van der Waals surface area contributed by atoms with Crippen LogP contribution in [0.5, 0.6) is 0 Å². The number of hydrogen-bond acceptors (Lipinski definition) is 4. The van der Waals surface area contributed by atoms with E-state index in [-0.39, 0.29) is 5.91 Å². The van der Waals surface area contributed by atoms with E-state index in [4.69, 9.17) is 11.6 Å². The Kier molecular flexibility index (Phi) is 3.37. The molecule has 0 unspecified atom stereocenters. The second kappa shape index (κ2) is 5.64. The summed E-state index contributed by atoms with van der Waals surface area (Å²) in [5.74, 6) is 0.150. The van der Waals surface area contributed by atoms with Crippen molar-refractivity contribution >= 4 is 17.5 Å². The normalized spacial score (nSPS) is 16.2. The van der Waals surface area contributed by atoms with Gasteiger partial charge in [-0.25, -0.2) is 9.67 Å². The summed E-state index contributed by atoms with van der Waals surface area (Å²) in [6.07, 6.45) is 3.87. The lowest BCUT2D eigenvalue weighted by atomic mass is 10.0. The zero-order valence-electron chi connectivity index (χ0n) is 14.2. The molecule has 3 aromatic rings. The summed E-state index contributed by atoms with van der Waals surface area (Å²) in [4.78, 5) is 18.6. The summed E-state index contributed by atoms with van der Waals surface area (Å²) in [7, 11) is 0. The minimum Gasteiger partial charge on any atom is -0.331 e. The molecule has 1 saturated carbocycles. The van der Waals surface area contributed by atoms with Crippen molar-refractivity contribution in [1.29, 1.82) is 0 Å². The van der Waals surface area contributed by atoms with Crippen LogP contribution in [-0.4, -0.2) is 36.8 Å². The minimum atomic E-state index is 0.150. The Morgan fingerprint density at radius 3 is 2.85 bits per heavy atom. The molecular weight excluding hydrogens is 350 g/mol. The molecule has 2 aromatic heterocycles. The molecule has 130 valence electrons. The van der Waals surface area contributed by atoms with E-state index >= 15 is 0 Å². The van der Waals surface area contributed by atoms with Crippen molar-refractivity contribution < 1.29 is 4.79 Å². The van der Waals surface area contributed by atoms with E-state index in [2.05, 4.69) is 21.4 Å². The number of pyridine rings is 1. The number of aromatic nitrogens is 4. The fraction of sp³-hybridized carbons (Fsp3) is 0.263. The molecule has 0 saturated heterocycles. The first-order valence-electron chi connectivity index (χ1n) is 8.61. The number of carbonyl (C=O) groups is 1. The van der Waals surface area contributed by atoms with E-state index in [0.717, 1.165) is 40.9 Å². The topological polar surface area (TPSA) is 63.9 Å². The number of fused-ring (bicyclic) bond motifs is 1. The lowest BCUT2D eigenvalue weighted by Crippen LogP contribution is -2.25. The van der Waals surface area contributed by atoms with Crippen molar-refractivity contribution in [2.75, 3.05) is 0 Å². The molecule has 6 nitrogen and oxygen atoms in total. The Bertz CT molecular complexity index is 1040. The average Bonchev–Trinajstić information content (AvgIpc) is 3.34. The maximum absolute atomic E-state index is 12.5. The van der Waals surface area contributed by atoms with Crippen molar-refractivity contribution in [3.05, 3.63) is 58.5 Å². The fourth-order valence-electron chi connectivity index (χ4n) is 3.53. The molecule has 0 atom stereocenters. The van der Waals surface area contributed by atoms with Crippen LogP contribution in [-0.2, 0) is 6.54 Å². The Labute approximate surface area is 155 Å². The van der Waals surface area contributed by atoms with Crippen LogP contribution >= 0.6 is 11.6 Å². The summed E-state index contributed by atoms with van der Waals surface area (Å²) in [6, 6.07) is 10.0. The van der Waals surface area contributed by atoms with E-state index in [1.165, 1.54) is 0 Å². The molecule has 1 aliphatic carbocycles. The highest BCUT2D eigenvalue weighted by atomic mass is 35.5. The van der Waals surface area contributed by atoms with Gasteiger partial charge in [-0.05, 0) is 49.6 Å². The SMILES string of the molecule is Cc1c(-c2ccc3c(c2)CN(C2CC2)C3=O)nnn1-c1cccnc1Cl. The molecule has 3 heterocycles. The summed E-state index contributed by atoms with van der Waals surface area (Å²) in [5.41, 5.74) is 5.18. The summed E-state index contributed by atoms with van der Waals surface area (Å²) < 4.78 is 1.69. The zero-order valence-corrected chi connectivity index (χ0v) is 14.9. The quantitative estimate of drug-likeness (QED) is 0.667. The molecule has 0 bridgehead atoms. The zero-order chi connectivity index (χ0) is 17.8. The van der Waals surface area contributed by atoms with Gasteiger partial charge in [0.2, 0.25) is 0 Å². The van der Waals surface area contributed by atoms with Crippen molar-refractivity contribution in [1.82, 2.24) is 24.9 Å². The number of carbonyl (C=O) groups excluding carboxylic acids is 1. The number of hydrogen-bond donors (Lipinski definition) is 0.